The van der Waals surface area contributed by atoms with Crippen molar-refractivity contribution in [1.29, 1.82) is 0 Å². The van der Waals surface area contributed by atoms with Crippen molar-refractivity contribution < 1.29 is 33.8 Å². The molecular weight excluding hydrogens is 428 g/mol. The van der Waals surface area contributed by atoms with E-state index >= 15 is 0 Å². The summed E-state index contributed by atoms with van der Waals surface area (Å²) in [5.41, 5.74) is 0.0312. The lowest BCUT2D eigenvalue weighted by Crippen LogP contribution is -2.45. The molecule has 1 aromatic rings. The number of phenols is 1. The summed E-state index contributed by atoms with van der Waals surface area (Å²) in [6.45, 7) is 7.17. The lowest BCUT2D eigenvalue weighted by molar-refractivity contribution is -0.145. The van der Waals surface area contributed by atoms with Gasteiger partial charge in [0.05, 0.1) is 13.2 Å². The maximum atomic E-state index is 12.7. The Morgan fingerprint density at radius 2 is 1.64 bits per heavy atom. The number of aromatic hydroxyl groups is 1. The van der Waals surface area contributed by atoms with Crippen LogP contribution in [0.4, 0.5) is 4.79 Å². The Bertz CT molecular complexity index is 800. The minimum Gasteiger partial charge on any atom is -0.508 e. The van der Waals surface area contributed by atoms with Crippen LogP contribution in [-0.4, -0.2) is 53.7 Å². The zero-order chi connectivity index (χ0) is 25.0. The van der Waals surface area contributed by atoms with Crippen molar-refractivity contribution in [3.63, 3.8) is 0 Å². The number of Topliss-reactive ketones (excluding diaryl/α,β-unsaturated/α-hetero) is 1. The summed E-state index contributed by atoms with van der Waals surface area (Å²) in [6.07, 6.45) is 1.28. The molecule has 1 rings (SSSR count). The van der Waals surface area contributed by atoms with Gasteiger partial charge in [0.15, 0.2) is 5.78 Å². The summed E-state index contributed by atoms with van der Waals surface area (Å²) in [4.78, 5) is 49.3. The number of carbonyl (C=O) groups excluding carboxylic acids is 4. The Morgan fingerprint density at radius 1 is 1.00 bits per heavy atom. The number of benzene rings is 1. The molecule has 9 nitrogen and oxygen atoms in total. The molecule has 3 N–H and O–H groups in total. The summed E-state index contributed by atoms with van der Waals surface area (Å²) in [5, 5.41) is 14.6. The smallest absolute Gasteiger partial charge is 0.408 e. The van der Waals surface area contributed by atoms with Crippen LogP contribution in [0.15, 0.2) is 24.3 Å². The largest absolute Gasteiger partial charge is 0.508 e. The van der Waals surface area contributed by atoms with Crippen LogP contribution in [0.25, 0.3) is 0 Å². The zero-order valence-corrected chi connectivity index (χ0v) is 20.1. The fourth-order valence-corrected chi connectivity index (χ4v) is 3.05. The number of hydrogen-bond donors (Lipinski definition) is 3. The summed E-state index contributed by atoms with van der Waals surface area (Å²) in [7, 11) is 1.22. The average molecular weight is 465 g/mol. The van der Waals surface area contributed by atoms with E-state index in [4.69, 9.17) is 9.47 Å². The first-order valence-electron chi connectivity index (χ1n) is 11.1. The molecule has 0 fully saturated rings. The molecule has 9 heteroatoms. The van der Waals surface area contributed by atoms with Crippen LogP contribution in [0.5, 0.6) is 5.75 Å². The topological polar surface area (TPSA) is 131 Å². The molecule has 0 radical (unpaired) electrons. The molecule has 0 aromatic heterocycles. The number of nitrogens with one attached hydrogen (secondary N) is 2. The van der Waals surface area contributed by atoms with E-state index in [1.54, 1.807) is 32.9 Å². The second kappa shape index (κ2) is 13.4. The highest BCUT2D eigenvalue weighted by Crippen LogP contribution is 2.13. The van der Waals surface area contributed by atoms with Gasteiger partial charge in [-0.3, -0.25) is 9.59 Å². The van der Waals surface area contributed by atoms with Crippen molar-refractivity contribution in [2.24, 2.45) is 0 Å². The predicted molar refractivity (Wildman–Crippen MR) is 123 cm³/mol. The van der Waals surface area contributed by atoms with Gasteiger partial charge in [-0.2, -0.15) is 0 Å². The van der Waals surface area contributed by atoms with Crippen molar-refractivity contribution in [3.05, 3.63) is 29.8 Å². The van der Waals surface area contributed by atoms with Gasteiger partial charge in [-0.1, -0.05) is 31.9 Å². The Morgan fingerprint density at radius 3 is 2.18 bits per heavy atom. The number of alkyl carbamates (subject to hydrolysis) is 1. The van der Waals surface area contributed by atoms with Gasteiger partial charge >= 0.3 is 12.1 Å². The Labute approximate surface area is 195 Å². The third-order valence-electron chi connectivity index (χ3n) is 4.72. The first-order valence-corrected chi connectivity index (χ1v) is 11.1. The highest BCUT2D eigenvalue weighted by Gasteiger charge is 2.26. The van der Waals surface area contributed by atoms with Crippen LogP contribution in [-0.2, 0) is 30.3 Å². The third-order valence-corrected chi connectivity index (χ3v) is 4.72. The Hall–Kier alpha value is -3.10. The molecule has 184 valence electrons. The first kappa shape index (κ1) is 27.9. The van der Waals surface area contributed by atoms with Crippen LogP contribution in [0.1, 0.15) is 65.4 Å². The molecule has 0 aliphatic rings. The van der Waals surface area contributed by atoms with Crippen molar-refractivity contribution in [2.75, 3.05) is 7.11 Å². The lowest BCUT2D eigenvalue weighted by atomic mass is 10.0. The van der Waals surface area contributed by atoms with Gasteiger partial charge < -0.3 is 25.2 Å². The molecular formula is C24H36N2O7. The van der Waals surface area contributed by atoms with E-state index in [1.807, 2.05) is 6.92 Å². The van der Waals surface area contributed by atoms with E-state index in [1.165, 1.54) is 19.2 Å². The standard InChI is InChI=1S/C24H36N2O7/c1-6-7-8-18(26-23(31)33-24(2,3)4)20(28)13-14-21(29)25-19(22(30)32-5)15-16-9-11-17(27)12-10-16/h9-12,18-19,27H,6-8,13-15H2,1-5H3,(H,25,29)(H,26,31)/t18-,19?/m0/s1. The van der Waals surface area contributed by atoms with E-state index in [-0.39, 0.29) is 30.8 Å². The van der Waals surface area contributed by atoms with Crippen LogP contribution in [0.3, 0.4) is 0 Å². The highest BCUT2D eigenvalue weighted by molar-refractivity contribution is 5.91. The quantitative estimate of drug-likeness (QED) is 0.405. The molecule has 33 heavy (non-hydrogen) atoms. The van der Waals surface area contributed by atoms with Crippen molar-refractivity contribution in [1.82, 2.24) is 10.6 Å². The molecule has 1 unspecified atom stereocenters. The number of amides is 2. The highest BCUT2D eigenvalue weighted by atomic mass is 16.6. The van der Waals surface area contributed by atoms with Crippen LogP contribution in [0.2, 0.25) is 0 Å². The van der Waals surface area contributed by atoms with Gasteiger partial charge in [0.1, 0.15) is 17.4 Å². The van der Waals surface area contributed by atoms with Gasteiger partial charge in [-0.15, -0.1) is 0 Å². The van der Waals surface area contributed by atoms with Crippen molar-refractivity contribution in [2.45, 2.75) is 83.9 Å². The van der Waals surface area contributed by atoms with Gasteiger partial charge in [0, 0.05) is 19.3 Å². The SMILES string of the molecule is CCCC[C@H](NC(=O)OC(C)(C)C)C(=O)CCC(=O)NC(Cc1ccc(O)cc1)C(=O)OC. The second-order valence-corrected chi connectivity index (χ2v) is 8.82. The average Bonchev–Trinajstić information content (AvgIpc) is 2.74. The van der Waals surface area contributed by atoms with Gasteiger partial charge in [0.25, 0.3) is 0 Å². The molecule has 0 saturated carbocycles. The molecule has 0 aliphatic carbocycles. The molecule has 0 saturated heterocycles. The maximum Gasteiger partial charge on any atom is 0.408 e. The number of phenolic OH excluding ortho intramolecular Hbond substituents is 1. The molecule has 0 heterocycles. The number of methoxy groups -OCH3 is 1. The van der Waals surface area contributed by atoms with Gasteiger partial charge in [-0.25, -0.2) is 9.59 Å². The Kier molecular flexibility index (Phi) is 11.4. The monoisotopic (exact) mass is 464 g/mol. The third kappa shape index (κ3) is 11.4. The molecule has 0 bridgehead atoms. The predicted octanol–water partition coefficient (Wildman–Crippen LogP) is 3.03. The van der Waals surface area contributed by atoms with E-state index < -0.39 is 35.7 Å². The van der Waals surface area contributed by atoms with Crippen LogP contribution in [0, 0.1) is 0 Å². The second-order valence-electron chi connectivity index (χ2n) is 8.82. The molecule has 1 aromatic carbocycles. The lowest BCUT2D eigenvalue weighted by Gasteiger charge is -2.23. The molecule has 2 atom stereocenters. The first-order chi connectivity index (χ1) is 15.4. The minimum absolute atomic E-state index is 0.0912. The fraction of sp³-hybridized carbons (Fsp3) is 0.583. The fourth-order valence-electron chi connectivity index (χ4n) is 3.05. The van der Waals surface area contributed by atoms with Crippen LogP contribution < -0.4 is 10.6 Å². The number of unbranched alkanes of at least 4 members (excludes halogenated alkanes) is 1. The van der Waals surface area contributed by atoms with E-state index in [0.717, 1.165) is 18.4 Å². The zero-order valence-electron chi connectivity index (χ0n) is 20.1. The van der Waals surface area contributed by atoms with E-state index in [9.17, 15) is 24.3 Å². The number of carbonyl (C=O) groups is 4. The number of ketones is 1. The summed E-state index contributed by atoms with van der Waals surface area (Å²) < 4.78 is 10.0. The Balaban J connectivity index is 2.69. The number of hydrogen-bond acceptors (Lipinski definition) is 7. The van der Waals surface area contributed by atoms with Gasteiger partial charge in [-0.05, 0) is 44.9 Å². The van der Waals surface area contributed by atoms with E-state index in [2.05, 4.69) is 10.6 Å². The number of ether oxygens (including phenoxy) is 2. The van der Waals surface area contributed by atoms with Crippen molar-refractivity contribution in [3.8, 4) is 5.75 Å². The summed E-state index contributed by atoms with van der Waals surface area (Å²) >= 11 is 0. The number of esters is 1. The van der Waals surface area contributed by atoms with Crippen molar-refractivity contribution >= 4 is 23.8 Å². The molecule has 0 spiro atoms. The minimum atomic E-state index is -0.932. The maximum absolute atomic E-state index is 12.7. The summed E-state index contributed by atoms with van der Waals surface area (Å²) in [5.74, 6) is -1.29. The van der Waals surface area contributed by atoms with E-state index in [0.29, 0.717) is 6.42 Å². The van der Waals surface area contributed by atoms with Crippen LogP contribution >= 0.6 is 0 Å². The summed E-state index contributed by atoms with van der Waals surface area (Å²) in [6, 6.07) is 4.57. The molecule has 2 amide bonds. The van der Waals surface area contributed by atoms with Gasteiger partial charge in [0.2, 0.25) is 5.91 Å². The molecule has 0 aliphatic heterocycles. The normalized spacial score (nSPS) is 12.9. The number of rotatable bonds is 12.